The summed E-state index contributed by atoms with van der Waals surface area (Å²) in [4.78, 5) is 0. The Labute approximate surface area is 124 Å². The van der Waals surface area contributed by atoms with E-state index in [1.807, 2.05) is 13.1 Å². The molecule has 0 aliphatic heterocycles. The van der Waals surface area contributed by atoms with Crippen LogP contribution in [-0.4, -0.2) is 7.05 Å². The summed E-state index contributed by atoms with van der Waals surface area (Å²) < 4.78 is 38.6. The Morgan fingerprint density at radius 3 is 2.67 bits per heavy atom. The number of rotatable bonds is 4. The van der Waals surface area contributed by atoms with Crippen LogP contribution in [0, 0.1) is 11.8 Å². The summed E-state index contributed by atoms with van der Waals surface area (Å²) in [6.45, 7) is 2.20. The molecule has 3 unspecified atom stereocenters. The summed E-state index contributed by atoms with van der Waals surface area (Å²) in [6.07, 6.45) is 1.53. The maximum atomic E-state index is 12.9. The lowest BCUT2D eigenvalue weighted by Gasteiger charge is -2.34. The highest BCUT2D eigenvalue weighted by Gasteiger charge is 2.32. The van der Waals surface area contributed by atoms with Gasteiger partial charge in [0, 0.05) is 6.04 Å². The molecule has 1 aromatic rings. The fraction of sp³-hybridized carbons (Fsp3) is 0.647. The molecule has 2 rings (SSSR count). The van der Waals surface area contributed by atoms with Crippen LogP contribution < -0.4 is 5.32 Å². The van der Waals surface area contributed by atoms with Crippen LogP contribution in [0.1, 0.15) is 56.2 Å². The molecular formula is C17H24F3N. The standard InChI is InChI=1S/C17H24F3N/c1-3-12-6-4-7-13(10-12)16(21-2)14-8-5-9-15(11-14)17(18,19)20/h5,8-9,11-13,16,21H,3-4,6-7,10H2,1-2H3. The zero-order chi connectivity index (χ0) is 15.5. The lowest BCUT2D eigenvalue weighted by Crippen LogP contribution is -2.29. The summed E-state index contributed by atoms with van der Waals surface area (Å²) in [6, 6.07) is 5.79. The van der Waals surface area contributed by atoms with Gasteiger partial charge in [0.2, 0.25) is 0 Å². The first-order chi connectivity index (χ1) is 9.95. The predicted molar refractivity (Wildman–Crippen MR) is 79.0 cm³/mol. The second-order valence-electron chi connectivity index (χ2n) is 6.09. The molecule has 0 aromatic heterocycles. The first-order valence-electron chi connectivity index (χ1n) is 7.80. The maximum Gasteiger partial charge on any atom is 0.416 e. The van der Waals surface area contributed by atoms with Gasteiger partial charge in [0.25, 0.3) is 0 Å². The minimum atomic E-state index is -4.27. The van der Waals surface area contributed by atoms with E-state index in [0.29, 0.717) is 11.8 Å². The molecule has 0 saturated heterocycles. The van der Waals surface area contributed by atoms with E-state index < -0.39 is 11.7 Å². The SMILES string of the molecule is CCC1CCCC(C(NC)c2cccc(C(F)(F)F)c2)C1. The molecule has 1 aromatic carbocycles. The summed E-state index contributed by atoms with van der Waals surface area (Å²) in [7, 11) is 1.85. The van der Waals surface area contributed by atoms with Crippen molar-refractivity contribution in [1.29, 1.82) is 0 Å². The van der Waals surface area contributed by atoms with Crippen molar-refractivity contribution in [2.24, 2.45) is 11.8 Å². The first kappa shape index (κ1) is 16.3. The number of nitrogens with one attached hydrogen (secondary N) is 1. The van der Waals surface area contributed by atoms with E-state index in [-0.39, 0.29) is 6.04 Å². The Morgan fingerprint density at radius 1 is 1.29 bits per heavy atom. The third kappa shape index (κ3) is 4.00. The van der Waals surface area contributed by atoms with Crippen LogP contribution in [0.3, 0.4) is 0 Å². The van der Waals surface area contributed by atoms with Crippen molar-refractivity contribution < 1.29 is 13.2 Å². The second kappa shape index (κ2) is 6.82. The highest BCUT2D eigenvalue weighted by Crippen LogP contribution is 2.39. The number of hydrogen-bond donors (Lipinski definition) is 1. The van der Waals surface area contributed by atoms with Gasteiger partial charge in [0.1, 0.15) is 0 Å². The lowest BCUT2D eigenvalue weighted by atomic mass is 9.75. The third-order valence-electron chi connectivity index (χ3n) is 4.76. The molecule has 0 spiro atoms. The molecule has 1 aliphatic rings. The second-order valence-corrected chi connectivity index (χ2v) is 6.09. The Hall–Kier alpha value is -1.03. The van der Waals surface area contributed by atoms with Gasteiger partial charge in [-0.1, -0.05) is 38.3 Å². The third-order valence-corrected chi connectivity index (χ3v) is 4.76. The zero-order valence-electron chi connectivity index (χ0n) is 12.7. The lowest BCUT2D eigenvalue weighted by molar-refractivity contribution is -0.137. The van der Waals surface area contributed by atoms with Gasteiger partial charge < -0.3 is 5.32 Å². The Kier molecular flexibility index (Phi) is 5.31. The molecular weight excluding hydrogens is 275 g/mol. The van der Waals surface area contributed by atoms with E-state index in [1.54, 1.807) is 0 Å². The van der Waals surface area contributed by atoms with E-state index in [1.165, 1.54) is 25.0 Å². The van der Waals surface area contributed by atoms with E-state index in [0.717, 1.165) is 30.9 Å². The molecule has 21 heavy (non-hydrogen) atoms. The molecule has 118 valence electrons. The normalized spacial score (nSPS) is 24.8. The van der Waals surface area contributed by atoms with Crippen molar-refractivity contribution in [2.75, 3.05) is 7.05 Å². The van der Waals surface area contributed by atoms with Gasteiger partial charge >= 0.3 is 6.18 Å². The van der Waals surface area contributed by atoms with Gasteiger partial charge in [-0.3, -0.25) is 0 Å². The largest absolute Gasteiger partial charge is 0.416 e. The summed E-state index contributed by atoms with van der Waals surface area (Å²) in [5, 5.41) is 3.24. The van der Waals surface area contributed by atoms with E-state index >= 15 is 0 Å². The molecule has 3 atom stereocenters. The Morgan fingerprint density at radius 2 is 2.05 bits per heavy atom. The fourth-order valence-corrected chi connectivity index (χ4v) is 3.59. The average Bonchev–Trinajstić information content (AvgIpc) is 2.48. The average molecular weight is 299 g/mol. The maximum absolute atomic E-state index is 12.9. The molecule has 1 N–H and O–H groups in total. The topological polar surface area (TPSA) is 12.0 Å². The van der Waals surface area contributed by atoms with Gasteiger partial charge in [-0.05, 0) is 49.4 Å². The minimum Gasteiger partial charge on any atom is -0.313 e. The summed E-state index contributed by atoms with van der Waals surface area (Å²) in [5.41, 5.74) is 0.206. The van der Waals surface area contributed by atoms with Crippen molar-refractivity contribution in [1.82, 2.24) is 5.32 Å². The van der Waals surface area contributed by atoms with Crippen LogP contribution in [0.25, 0.3) is 0 Å². The highest BCUT2D eigenvalue weighted by molar-refractivity contribution is 5.28. The van der Waals surface area contributed by atoms with Gasteiger partial charge in [-0.15, -0.1) is 0 Å². The van der Waals surface area contributed by atoms with E-state index in [4.69, 9.17) is 0 Å². The van der Waals surface area contributed by atoms with Gasteiger partial charge in [-0.2, -0.15) is 13.2 Å². The number of alkyl halides is 3. The van der Waals surface area contributed by atoms with Crippen LogP contribution in [0.5, 0.6) is 0 Å². The Balaban J connectivity index is 2.21. The predicted octanol–water partition coefficient (Wildman–Crippen LogP) is 5.18. The van der Waals surface area contributed by atoms with Gasteiger partial charge in [0.15, 0.2) is 0 Å². The van der Waals surface area contributed by atoms with Crippen molar-refractivity contribution in [3.8, 4) is 0 Å². The van der Waals surface area contributed by atoms with Crippen molar-refractivity contribution >= 4 is 0 Å². The molecule has 1 aliphatic carbocycles. The molecule has 4 heteroatoms. The quantitative estimate of drug-likeness (QED) is 0.807. The molecule has 1 nitrogen and oxygen atoms in total. The smallest absolute Gasteiger partial charge is 0.313 e. The molecule has 0 bridgehead atoms. The number of halogens is 3. The molecule has 1 saturated carbocycles. The van der Waals surface area contributed by atoms with Crippen molar-refractivity contribution in [3.05, 3.63) is 35.4 Å². The molecule has 0 heterocycles. The van der Waals surface area contributed by atoms with Gasteiger partial charge in [-0.25, -0.2) is 0 Å². The zero-order valence-corrected chi connectivity index (χ0v) is 12.7. The van der Waals surface area contributed by atoms with Crippen LogP contribution in [0.15, 0.2) is 24.3 Å². The molecule has 0 radical (unpaired) electrons. The fourth-order valence-electron chi connectivity index (χ4n) is 3.59. The monoisotopic (exact) mass is 299 g/mol. The van der Waals surface area contributed by atoms with Crippen LogP contribution in [0.4, 0.5) is 13.2 Å². The summed E-state index contributed by atoms with van der Waals surface area (Å²) in [5.74, 6) is 1.14. The highest BCUT2D eigenvalue weighted by atomic mass is 19.4. The van der Waals surface area contributed by atoms with Crippen LogP contribution >= 0.6 is 0 Å². The number of benzene rings is 1. The van der Waals surface area contributed by atoms with Crippen molar-refractivity contribution in [2.45, 2.75) is 51.2 Å². The first-order valence-corrected chi connectivity index (χ1v) is 7.80. The van der Waals surface area contributed by atoms with E-state index in [9.17, 15) is 13.2 Å². The van der Waals surface area contributed by atoms with Gasteiger partial charge in [0.05, 0.1) is 5.56 Å². The van der Waals surface area contributed by atoms with E-state index in [2.05, 4.69) is 12.2 Å². The Bertz CT molecular complexity index is 456. The van der Waals surface area contributed by atoms with Crippen LogP contribution in [0.2, 0.25) is 0 Å². The minimum absolute atomic E-state index is 0.0154. The van der Waals surface area contributed by atoms with Crippen LogP contribution in [-0.2, 0) is 6.18 Å². The summed E-state index contributed by atoms with van der Waals surface area (Å²) >= 11 is 0. The molecule has 1 fully saturated rings. The number of hydrogen-bond acceptors (Lipinski definition) is 1. The molecule has 0 amide bonds. The van der Waals surface area contributed by atoms with Crippen molar-refractivity contribution in [3.63, 3.8) is 0 Å².